The first-order valence-electron chi connectivity index (χ1n) is 6.64. The third-order valence-corrected chi connectivity index (χ3v) is 4.13. The fourth-order valence-electron chi connectivity index (χ4n) is 1.74. The van der Waals surface area contributed by atoms with Crippen LogP contribution in [-0.2, 0) is 11.0 Å². The smallest absolute Gasteiger partial charge is 0.179 e. The number of nitrogens with zero attached hydrogens (tertiary/aromatic N) is 2. The number of pyridine rings is 2. The molecule has 0 amide bonds. The van der Waals surface area contributed by atoms with Crippen LogP contribution in [0.3, 0.4) is 0 Å². The molecule has 1 N–H and O–H groups in total. The van der Waals surface area contributed by atoms with Crippen molar-refractivity contribution in [3.8, 4) is 11.5 Å². The van der Waals surface area contributed by atoms with Crippen molar-refractivity contribution in [2.45, 2.75) is 17.0 Å². The second kappa shape index (κ2) is 8.37. The molecule has 0 aliphatic carbocycles. The van der Waals surface area contributed by atoms with Gasteiger partial charge in [-0.2, -0.15) is 0 Å². The van der Waals surface area contributed by atoms with Crippen LogP contribution < -0.4 is 14.2 Å². The molecule has 0 saturated heterocycles. The monoisotopic (exact) mass is 373 g/mol. The van der Waals surface area contributed by atoms with Crippen LogP contribution in [0.5, 0.6) is 11.5 Å². The molecule has 0 aromatic carbocycles. The van der Waals surface area contributed by atoms with Gasteiger partial charge in [0.2, 0.25) is 0 Å². The highest BCUT2D eigenvalue weighted by atomic mass is 35.5. The predicted octanol–water partition coefficient (Wildman–Crippen LogP) is 3.39. The molecule has 0 bridgehead atoms. The summed E-state index contributed by atoms with van der Waals surface area (Å²) >= 11 is 7.31. The van der Waals surface area contributed by atoms with Crippen LogP contribution in [0.15, 0.2) is 34.4 Å². The number of nitrogens with one attached hydrogen (secondary N) is 1. The standard InChI is InChI=1S/C14H16ClN3O3S2/c1-4-21-11-8-16-13(7-10(11)20-2)22-14-6-9(18-23(3)19)5-12(15)17-14/h5-8H,4H2,1-3H3,(H,17,18). The summed E-state index contributed by atoms with van der Waals surface area (Å²) in [6, 6.07) is 5.13. The first-order valence-corrected chi connectivity index (χ1v) is 9.39. The lowest BCUT2D eigenvalue weighted by Crippen LogP contribution is -2.01. The van der Waals surface area contributed by atoms with Crippen molar-refractivity contribution in [1.82, 2.24) is 9.97 Å². The lowest BCUT2D eigenvalue weighted by molar-refractivity contribution is 0.308. The van der Waals surface area contributed by atoms with E-state index in [1.807, 2.05) is 6.92 Å². The van der Waals surface area contributed by atoms with E-state index in [4.69, 9.17) is 21.1 Å². The molecule has 2 heterocycles. The molecule has 0 aliphatic rings. The topological polar surface area (TPSA) is 73.3 Å². The maximum atomic E-state index is 11.3. The maximum Gasteiger partial charge on any atom is 0.179 e. The minimum Gasteiger partial charge on any atom is -0.493 e. The Balaban J connectivity index is 2.24. The number of anilines is 1. The Hall–Kier alpha value is -1.51. The quantitative estimate of drug-likeness (QED) is 0.750. The van der Waals surface area contributed by atoms with Crippen molar-refractivity contribution >= 4 is 40.0 Å². The van der Waals surface area contributed by atoms with Crippen LogP contribution in [0.4, 0.5) is 5.69 Å². The van der Waals surface area contributed by atoms with Gasteiger partial charge in [-0.3, -0.25) is 0 Å². The Labute approximate surface area is 146 Å². The van der Waals surface area contributed by atoms with Gasteiger partial charge in [-0.15, -0.1) is 0 Å². The van der Waals surface area contributed by atoms with Crippen molar-refractivity contribution in [3.05, 3.63) is 29.5 Å². The van der Waals surface area contributed by atoms with Crippen LogP contribution in [0, 0.1) is 0 Å². The summed E-state index contributed by atoms with van der Waals surface area (Å²) < 4.78 is 24.8. The van der Waals surface area contributed by atoms with Gasteiger partial charge in [0.25, 0.3) is 0 Å². The minimum absolute atomic E-state index is 0.306. The predicted molar refractivity (Wildman–Crippen MR) is 93.0 cm³/mol. The largest absolute Gasteiger partial charge is 0.493 e. The Morgan fingerprint density at radius 2 is 2.09 bits per heavy atom. The molecule has 23 heavy (non-hydrogen) atoms. The van der Waals surface area contributed by atoms with E-state index in [2.05, 4.69) is 14.7 Å². The van der Waals surface area contributed by atoms with Gasteiger partial charge in [-0.05, 0) is 30.8 Å². The summed E-state index contributed by atoms with van der Waals surface area (Å²) in [5, 5.41) is 1.62. The molecule has 0 saturated carbocycles. The van der Waals surface area contributed by atoms with Gasteiger partial charge in [0.15, 0.2) is 11.5 Å². The molecular weight excluding hydrogens is 358 g/mol. The van der Waals surface area contributed by atoms with E-state index in [0.717, 1.165) is 0 Å². The van der Waals surface area contributed by atoms with E-state index in [1.54, 1.807) is 37.8 Å². The van der Waals surface area contributed by atoms with E-state index in [9.17, 15) is 4.21 Å². The number of hydrogen-bond acceptors (Lipinski definition) is 6. The second-order valence-corrected chi connectivity index (χ2v) is 6.82. The summed E-state index contributed by atoms with van der Waals surface area (Å²) in [6.07, 6.45) is 3.15. The van der Waals surface area contributed by atoms with Crippen LogP contribution in [0.25, 0.3) is 0 Å². The average molecular weight is 374 g/mol. The summed E-state index contributed by atoms with van der Waals surface area (Å²) in [7, 11) is 0.384. The zero-order chi connectivity index (χ0) is 16.8. The van der Waals surface area contributed by atoms with Gasteiger partial charge in [-0.1, -0.05) is 11.6 Å². The highest BCUT2D eigenvalue weighted by molar-refractivity contribution is 7.99. The molecule has 6 nitrogen and oxygen atoms in total. The van der Waals surface area contributed by atoms with Crippen LogP contribution >= 0.6 is 23.4 Å². The summed E-state index contributed by atoms with van der Waals surface area (Å²) in [4.78, 5) is 8.54. The molecule has 2 rings (SSSR count). The van der Waals surface area contributed by atoms with Crippen LogP contribution in [0.1, 0.15) is 6.92 Å². The highest BCUT2D eigenvalue weighted by Gasteiger charge is 2.10. The summed E-state index contributed by atoms with van der Waals surface area (Å²) in [5.41, 5.74) is 0.631. The Morgan fingerprint density at radius 3 is 2.74 bits per heavy atom. The molecule has 9 heteroatoms. The van der Waals surface area contributed by atoms with Gasteiger partial charge in [0.05, 0.1) is 25.6 Å². The fraction of sp³-hybridized carbons (Fsp3) is 0.286. The summed E-state index contributed by atoms with van der Waals surface area (Å²) in [6.45, 7) is 2.42. The third-order valence-electron chi connectivity index (χ3n) is 2.57. The minimum atomic E-state index is -1.19. The Kier molecular flexibility index (Phi) is 6.49. The number of ether oxygens (including phenoxy) is 2. The molecule has 0 radical (unpaired) electrons. The first-order chi connectivity index (χ1) is 11.0. The van der Waals surface area contributed by atoms with E-state index in [1.165, 1.54) is 11.8 Å². The fourth-order valence-corrected chi connectivity index (χ4v) is 3.27. The van der Waals surface area contributed by atoms with Gasteiger partial charge >= 0.3 is 0 Å². The van der Waals surface area contributed by atoms with Crippen molar-refractivity contribution in [3.63, 3.8) is 0 Å². The molecular formula is C14H16ClN3O3S2. The zero-order valence-corrected chi connectivity index (χ0v) is 15.2. The zero-order valence-electron chi connectivity index (χ0n) is 12.8. The first kappa shape index (κ1) is 17.8. The van der Waals surface area contributed by atoms with Crippen molar-refractivity contribution in [1.29, 1.82) is 0 Å². The molecule has 0 fully saturated rings. The van der Waals surface area contributed by atoms with Gasteiger partial charge in [0.1, 0.15) is 26.2 Å². The number of rotatable bonds is 7. The van der Waals surface area contributed by atoms with E-state index in [0.29, 0.717) is 39.0 Å². The van der Waals surface area contributed by atoms with Gasteiger partial charge in [-0.25, -0.2) is 14.2 Å². The average Bonchev–Trinajstić information content (AvgIpc) is 2.47. The molecule has 2 aromatic heterocycles. The second-order valence-electron chi connectivity index (χ2n) is 4.28. The molecule has 2 aromatic rings. The molecule has 1 unspecified atom stereocenters. The number of hydrogen-bond donors (Lipinski definition) is 1. The van der Waals surface area contributed by atoms with Crippen molar-refractivity contribution in [2.24, 2.45) is 0 Å². The van der Waals surface area contributed by atoms with Crippen molar-refractivity contribution in [2.75, 3.05) is 24.7 Å². The summed E-state index contributed by atoms with van der Waals surface area (Å²) in [5.74, 6) is 1.18. The normalized spacial score (nSPS) is 11.8. The third kappa shape index (κ3) is 5.26. The van der Waals surface area contributed by atoms with Gasteiger partial charge < -0.3 is 14.2 Å². The van der Waals surface area contributed by atoms with E-state index >= 15 is 0 Å². The number of methoxy groups -OCH3 is 1. The maximum absolute atomic E-state index is 11.3. The lowest BCUT2D eigenvalue weighted by Gasteiger charge is -2.10. The SMILES string of the molecule is CCOc1cnc(Sc2cc(NS(C)=O)cc(Cl)n2)cc1OC. The molecule has 1 atom stereocenters. The number of halogens is 1. The van der Waals surface area contributed by atoms with Crippen LogP contribution in [0.2, 0.25) is 5.15 Å². The Morgan fingerprint density at radius 1 is 1.30 bits per heavy atom. The highest BCUT2D eigenvalue weighted by Crippen LogP contribution is 2.34. The molecule has 124 valence electrons. The molecule has 0 aliphatic heterocycles. The Bertz CT molecular complexity index is 716. The van der Waals surface area contributed by atoms with Crippen molar-refractivity contribution < 1.29 is 13.7 Å². The molecule has 0 spiro atoms. The lowest BCUT2D eigenvalue weighted by atomic mass is 10.4. The van der Waals surface area contributed by atoms with Crippen LogP contribution in [-0.4, -0.2) is 34.1 Å². The van der Waals surface area contributed by atoms with Gasteiger partial charge in [0, 0.05) is 12.3 Å². The van der Waals surface area contributed by atoms with E-state index in [-0.39, 0.29) is 0 Å². The number of aromatic nitrogens is 2. The van der Waals surface area contributed by atoms with E-state index < -0.39 is 11.0 Å².